The second-order valence-electron chi connectivity index (χ2n) is 4.47. The average Bonchev–Trinajstić information content (AvgIpc) is 2.42. The van der Waals surface area contributed by atoms with Crippen LogP contribution in [0, 0.1) is 11.7 Å². The number of halogens is 1. The second-order valence-corrected chi connectivity index (χ2v) is 4.47. The summed E-state index contributed by atoms with van der Waals surface area (Å²) in [7, 11) is 0. The van der Waals surface area contributed by atoms with Crippen LogP contribution in [0.15, 0.2) is 30.4 Å². The van der Waals surface area contributed by atoms with Crippen LogP contribution in [0.3, 0.4) is 0 Å². The molecule has 0 spiro atoms. The number of carbonyl (C=O) groups excluding carboxylic acids is 1. The summed E-state index contributed by atoms with van der Waals surface area (Å²) in [6.07, 6.45) is 6.12. The van der Waals surface area contributed by atoms with Crippen molar-refractivity contribution >= 4 is 17.6 Å². The molecule has 0 saturated heterocycles. The molecule has 0 saturated carbocycles. The number of nitrogens with one attached hydrogen (secondary N) is 1. The SMILES string of the molecule is O=C(O)c1ccc(F)c(NC(=O)C2CC=CCC2)c1. The molecule has 100 valence electrons. The minimum absolute atomic E-state index is 0.0553. The van der Waals surface area contributed by atoms with Gasteiger partial charge >= 0.3 is 5.97 Å². The maximum absolute atomic E-state index is 13.5. The quantitative estimate of drug-likeness (QED) is 0.824. The highest BCUT2D eigenvalue weighted by Gasteiger charge is 2.20. The van der Waals surface area contributed by atoms with Gasteiger partial charge in [-0.05, 0) is 37.5 Å². The molecule has 1 aliphatic carbocycles. The first kappa shape index (κ1) is 13.3. The molecule has 1 amide bonds. The molecule has 19 heavy (non-hydrogen) atoms. The number of amides is 1. The second kappa shape index (κ2) is 5.65. The number of hydrogen-bond donors (Lipinski definition) is 2. The lowest BCUT2D eigenvalue weighted by molar-refractivity contribution is -0.120. The molecule has 0 fully saturated rings. The minimum atomic E-state index is -1.16. The van der Waals surface area contributed by atoms with Gasteiger partial charge in [-0.1, -0.05) is 12.2 Å². The molecular formula is C14H14FNO3. The molecule has 2 N–H and O–H groups in total. The largest absolute Gasteiger partial charge is 0.478 e. The highest BCUT2D eigenvalue weighted by Crippen LogP contribution is 2.22. The zero-order chi connectivity index (χ0) is 13.8. The third-order valence-corrected chi connectivity index (χ3v) is 3.11. The Labute approximate surface area is 109 Å². The number of rotatable bonds is 3. The van der Waals surface area contributed by atoms with Crippen LogP contribution in [0.25, 0.3) is 0 Å². The summed E-state index contributed by atoms with van der Waals surface area (Å²) in [5.74, 6) is -2.25. The van der Waals surface area contributed by atoms with Crippen LogP contribution >= 0.6 is 0 Å². The van der Waals surface area contributed by atoms with Crippen molar-refractivity contribution in [3.8, 4) is 0 Å². The van der Waals surface area contributed by atoms with Gasteiger partial charge < -0.3 is 10.4 Å². The van der Waals surface area contributed by atoms with Crippen molar-refractivity contribution in [2.75, 3.05) is 5.32 Å². The molecule has 0 bridgehead atoms. The Bertz CT molecular complexity index is 539. The fraction of sp³-hybridized carbons (Fsp3) is 0.286. The number of carboxylic acid groups (broad SMARTS) is 1. The van der Waals surface area contributed by atoms with E-state index in [0.717, 1.165) is 31.0 Å². The van der Waals surface area contributed by atoms with Crippen molar-refractivity contribution < 1.29 is 19.1 Å². The predicted molar refractivity (Wildman–Crippen MR) is 68.5 cm³/mol. The Morgan fingerprint density at radius 3 is 2.74 bits per heavy atom. The average molecular weight is 263 g/mol. The molecule has 1 unspecified atom stereocenters. The first-order valence-corrected chi connectivity index (χ1v) is 6.06. The van der Waals surface area contributed by atoms with Crippen LogP contribution in [0.4, 0.5) is 10.1 Å². The maximum atomic E-state index is 13.5. The highest BCUT2D eigenvalue weighted by molar-refractivity contribution is 5.95. The molecular weight excluding hydrogens is 249 g/mol. The van der Waals surface area contributed by atoms with E-state index in [1.54, 1.807) is 0 Å². The van der Waals surface area contributed by atoms with Gasteiger partial charge in [-0.2, -0.15) is 0 Å². The van der Waals surface area contributed by atoms with Crippen molar-refractivity contribution in [1.82, 2.24) is 0 Å². The summed E-state index contributed by atoms with van der Waals surface area (Å²) in [5, 5.41) is 11.3. The Morgan fingerprint density at radius 2 is 2.11 bits per heavy atom. The lowest BCUT2D eigenvalue weighted by atomic mass is 9.93. The number of benzene rings is 1. The van der Waals surface area contributed by atoms with Crippen molar-refractivity contribution in [3.05, 3.63) is 41.7 Å². The summed E-state index contributed by atoms with van der Waals surface area (Å²) >= 11 is 0. The Kier molecular flexibility index (Phi) is 3.94. The zero-order valence-corrected chi connectivity index (χ0v) is 10.2. The highest BCUT2D eigenvalue weighted by atomic mass is 19.1. The van der Waals surface area contributed by atoms with Gasteiger partial charge in [-0.25, -0.2) is 9.18 Å². The third kappa shape index (κ3) is 3.19. The third-order valence-electron chi connectivity index (χ3n) is 3.11. The van der Waals surface area contributed by atoms with Gasteiger partial charge in [0, 0.05) is 5.92 Å². The first-order valence-electron chi connectivity index (χ1n) is 6.06. The van der Waals surface area contributed by atoms with Crippen molar-refractivity contribution in [1.29, 1.82) is 0 Å². The predicted octanol–water partition coefficient (Wildman–Crippen LogP) is 2.82. The van der Waals surface area contributed by atoms with E-state index in [4.69, 9.17) is 5.11 Å². The zero-order valence-electron chi connectivity index (χ0n) is 10.2. The molecule has 2 rings (SSSR count). The molecule has 1 atom stereocenters. The van der Waals surface area contributed by atoms with Gasteiger partial charge in [0.1, 0.15) is 5.82 Å². The number of carboxylic acids is 1. The van der Waals surface area contributed by atoms with Gasteiger partial charge in [0.05, 0.1) is 11.3 Å². The van der Waals surface area contributed by atoms with E-state index in [1.165, 1.54) is 0 Å². The van der Waals surface area contributed by atoms with Crippen molar-refractivity contribution in [2.24, 2.45) is 5.92 Å². The van der Waals surface area contributed by atoms with E-state index in [2.05, 4.69) is 5.32 Å². The summed E-state index contributed by atoms with van der Waals surface area (Å²) in [5.41, 5.74) is -0.139. The van der Waals surface area contributed by atoms with Crippen LogP contribution in [-0.2, 0) is 4.79 Å². The minimum Gasteiger partial charge on any atom is -0.478 e. The fourth-order valence-electron chi connectivity index (χ4n) is 2.02. The molecule has 1 aliphatic rings. The van der Waals surface area contributed by atoms with Gasteiger partial charge in [0.25, 0.3) is 0 Å². The summed E-state index contributed by atoms with van der Waals surface area (Å²) in [6, 6.07) is 3.34. The van der Waals surface area contributed by atoms with Gasteiger partial charge in [-0.15, -0.1) is 0 Å². The van der Waals surface area contributed by atoms with E-state index in [1.807, 2.05) is 12.2 Å². The molecule has 0 aliphatic heterocycles. The van der Waals surface area contributed by atoms with E-state index >= 15 is 0 Å². The molecule has 0 aromatic heterocycles. The summed E-state index contributed by atoms with van der Waals surface area (Å²) < 4.78 is 13.5. The maximum Gasteiger partial charge on any atom is 0.335 e. The number of allylic oxidation sites excluding steroid dienone is 2. The molecule has 1 aromatic rings. The summed E-state index contributed by atoms with van der Waals surface area (Å²) in [6.45, 7) is 0. The van der Waals surface area contributed by atoms with Crippen LogP contribution in [0.1, 0.15) is 29.6 Å². The number of carbonyl (C=O) groups is 2. The van der Waals surface area contributed by atoms with Crippen LogP contribution in [0.2, 0.25) is 0 Å². The van der Waals surface area contributed by atoms with Gasteiger partial charge in [0.2, 0.25) is 5.91 Å². The molecule has 0 radical (unpaired) electrons. The smallest absolute Gasteiger partial charge is 0.335 e. The van der Waals surface area contributed by atoms with E-state index < -0.39 is 11.8 Å². The summed E-state index contributed by atoms with van der Waals surface area (Å²) in [4.78, 5) is 22.7. The van der Waals surface area contributed by atoms with E-state index in [0.29, 0.717) is 6.42 Å². The van der Waals surface area contributed by atoms with Crippen LogP contribution < -0.4 is 5.32 Å². The lowest BCUT2D eigenvalue weighted by Crippen LogP contribution is -2.24. The normalized spacial score (nSPS) is 18.1. The Morgan fingerprint density at radius 1 is 1.32 bits per heavy atom. The van der Waals surface area contributed by atoms with Gasteiger partial charge in [0.15, 0.2) is 0 Å². The van der Waals surface area contributed by atoms with Crippen LogP contribution in [-0.4, -0.2) is 17.0 Å². The topological polar surface area (TPSA) is 66.4 Å². The fourth-order valence-corrected chi connectivity index (χ4v) is 2.02. The van der Waals surface area contributed by atoms with Crippen LogP contribution in [0.5, 0.6) is 0 Å². The standard InChI is InChI=1S/C14H14FNO3/c15-11-7-6-10(14(18)19)8-12(11)16-13(17)9-4-2-1-3-5-9/h1-2,6-9H,3-5H2,(H,16,17)(H,18,19). The Balaban J connectivity index is 2.13. The molecule has 0 heterocycles. The van der Waals surface area contributed by atoms with E-state index in [9.17, 15) is 14.0 Å². The first-order chi connectivity index (χ1) is 9.08. The molecule has 5 heteroatoms. The lowest BCUT2D eigenvalue weighted by Gasteiger charge is -2.17. The van der Waals surface area contributed by atoms with Crippen molar-refractivity contribution in [3.63, 3.8) is 0 Å². The number of hydrogen-bond acceptors (Lipinski definition) is 2. The Hall–Kier alpha value is -2.17. The molecule has 1 aromatic carbocycles. The van der Waals surface area contributed by atoms with Crippen molar-refractivity contribution in [2.45, 2.75) is 19.3 Å². The number of aromatic carboxylic acids is 1. The molecule has 4 nitrogen and oxygen atoms in total. The number of anilines is 1. The van der Waals surface area contributed by atoms with Gasteiger partial charge in [-0.3, -0.25) is 4.79 Å². The van der Waals surface area contributed by atoms with E-state index in [-0.39, 0.29) is 23.1 Å². The monoisotopic (exact) mass is 263 g/mol.